The van der Waals surface area contributed by atoms with Crippen LogP contribution in [0.5, 0.6) is 11.5 Å². The van der Waals surface area contributed by atoms with E-state index >= 15 is 0 Å². The highest BCUT2D eigenvalue weighted by atomic mass is 79.9. The maximum Gasteiger partial charge on any atom is 0.306 e. The molecule has 2 rings (SSSR count). The first-order valence-corrected chi connectivity index (χ1v) is 11.5. The summed E-state index contributed by atoms with van der Waals surface area (Å²) in [6, 6.07) is 17.2. The van der Waals surface area contributed by atoms with Crippen molar-refractivity contribution in [1.82, 2.24) is 0 Å². The highest BCUT2D eigenvalue weighted by Gasteiger charge is 2.06. The van der Waals surface area contributed by atoms with E-state index in [1.165, 1.54) is 0 Å². The highest BCUT2D eigenvalue weighted by Crippen LogP contribution is 2.22. The SMILES string of the molecule is O=C(CCCCCCCCC(F)CBr)OCc1cccc(Oc2ccccc2)c1. The van der Waals surface area contributed by atoms with Crippen molar-refractivity contribution in [2.75, 3.05) is 5.33 Å². The quantitative estimate of drug-likeness (QED) is 0.166. The number of halogens is 2. The number of esters is 1. The van der Waals surface area contributed by atoms with Crippen LogP contribution in [-0.4, -0.2) is 17.5 Å². The second-order valence-electron chi connectivity index (χ2n) is 7.13. The first-order chi connectivity index (χ1) is 14.2. The summed E-state index contributed by atoms with van der Waals surface area (Å²) in [5.74, 6) is 1.33. The molecule has 0 aliphatic rings. The van der Waals surface area contributed by atoms with Crippen molar-refractivity contribution in [1.29, 1.82) is 0 Å². The summed E-state index contributed by atoms with van der Waals surface area (Å²) >= 11 is 3.15. The van der Waals surface area contributed by atoms with E-state index in [1.54, 1.807) is 0 Å². The van der Waals surface area contributed by atoms with Crippen molar-refractivity contribution >= 4 is 21.9 Å². The van der Waals surface area contributed by atoms with Crippen LogP contribution < -0.4 is 4.74 Å². The average molecular weight is 465 g/mol. The van der Waals surface area contributed by atoms with E-state index in [1.807, 2.05) is 54.6 Å². The Hall–Kier alpha value is -1.88. The Bertz CT molecular complexity index is 708. The van der Waals surface area contributed by atoms with E-state index in [9.17, 15) is 9.18 Å². The van der Waals surface area contributed by atoms with Crippen LogP contribution in [0.25, 0.3) is 0 Å². The molecule has 0 aliphatic carbocycles. The zero-order chi connectivity index (χ0) is 20.7. The molecular formula is C24H30BrFO3. The number of benzene rings is 2. The minimum Gasteiger partial charge on any atom is -0.461 e. The fraction of sp³-hybridized carbons (Fsp3) is 0.458. The summed E-state index contributed by atoms with van der Waals surface area (Å²) in [6.45, 7) is 0.253. The maximum absolute atomic E-state index is 13.1. The fourth-order valence-electron chi connectivity index (χ4n) is 2.98. The lowest BCUT2D eigenvalue weighted by molar-refractivity contribution is -0.145. The standard InChI is InChI=1S/C24H30BrFO3/c25-18-21(26)12-6-3-1-2-4-9-16-24(27)28-19-20-11-10-15-23(17-20)29-22-13-7-5-8-14-22/h5,7-8,10-11,13-15,17,21H,1-4,6,9,12,16,18-19H2. The Kier molecular flexibility index (Phi) is 11.4. The van der Waals surface area contributed by atoms with E-state index in [0.717, 1.165) is 55.6 Å². The van der Waals surface area contributed by atoms with Gasteiger partial charge in [-0.3, -0.25) is 4.79 Å². The van der Waals surface area contributed by atoms with E-state index in [2.05, 4.69) is 15.9 Å². The molecule has 0 aromatic heterocycles. The number of hydrogen-bond acceptors (Lipinski definition) is 3. The molecule has 0 aliphatic heterocycles. The number of carbonyl (C=O) groups is 1. The molecule has 1 atom stereocenters. The monoisotopic (exact) mass is 464 g/mol. The Morgan fingerprint density at radius 1 is 0.897 bits per heavy atom. The van der Waals surface area contributed by atoms with Crippen LogP contribution in [0.2, 0.25) is 0 Å². The van der Waals surface area contributed by atoms with Crippen LogP contribution in [0.1, 0.15) is 56.9 Å². The Labute approximate surface area is 181 Å². The topological polar surface area (TPSA) is 35.5 Å². The molecule has 2 aromatic rings. The van der Waals surface area contributed by atoms with Crippen LogP contribution in [0.3, 0.4) is 0 Å². The van der Waals surface area contributed by atoms with Gasteiger partial charge in [0.15, 0.2) is 0 Å². The number of carbonyl (C=O) groups excluding carboxylic acids is 1. The largest absolute Gasteiger partial charge is 0.461 e. The third-order valence-corrected chi connectivity index (χ3v) is 5.30. The van der Waals surface area contributed by atoms with Gasteiger partial charge in [0.2, 0.25) is 0 Å². The van der Waals surface area contributed by atoms with Crippen molar-refractivity contribution in [2.24, 2.45) is 0 Å². The van der Waals surface area contributed by atoms with Gasteiger partial charge in [-0.2, -0.15) is 0 Å². The Balaban J connectivity index is 1.56. The average Bonchev–Trinajstić information content (AvgIpc) is 2.75. The molecule has 0 bridgehead atoms. The van der Waals surface area contributed by atoms with Gasteiger partial charge in [-0.15, -0.1) is 0 Å². The van der Waals surface area contributed by atoms with Gasteiger partial charge >= 0.3 is 5.97 Å². The van der Waals surface area contributed by atoms with Crippen molar-refractivity contribution in [3.63, 3.8) is 0 Å². The Morgan fingerprint density at radius 2 is 1.59 bits per heavy atom. The highest BCUT2D eigenvalue weighted by molar-refractivity contribution is 9.09. The number of alkyl halides is 2. The third kappa shape index (κ3) is 10.5. The van der Waals surface area contributed by atoms with E-state index < -0.39 is 6.17 Å². The van der Waals surface area contributed by atoms with E-state index in [4.69, 9.17) is 9.47 Å². The lowest BCUT2D eigenvalue weighted by Gasteiger charge is -2.08. The molecule has 2 aromatic carbocycles. The van der Waals surface area contributed by atoms with Crippen LogP contribution in [0, 0.1) is 0 Å². The molecule has 0 N–H and O–H groups in total. The summed E-state index contributed by atoms with van der Waals surface area (Å²) in [4.78, 5) is 11.9. The lowest BCUT2D eigenvalue weighted by atomic mass is 10.1. The summed E-state index contributed by atoms with van der Waals surface area (Å²) < 4.78 is 24.2. The summed E-state index contributed by atoms with van der Waals surface area (Å²) in [6.07, 6.45) is 6.36. The number of unbranched alkanes of at least 4 members (excludes halogenated alkanes) is 5. The molecule has 0 fully saturated rings. The number of rotatable bonds is 14. The van der Waals surface area contributed by atoms with Crippen LogP contribution in [0.15, 0.2) is 54.6 Å². The molecule has 3 nitrogen and oxygen atoms in total. The van der Waals surface area contributed by atoms with Gasteiger partial charge in [0.05, 0.1) is 0 Å². The summed E-state index contributed by atoms with van der Waals surface area (Å²) in [5.41, 5.74) is 0.904. The van der Waals surface area contributed by atoms with Crippen molar-refractivity contribution in [3.8, 4) is 11.5 Å². The van der Waals surface area contributed by atoms with Gasteiger partial charge in [-0.1, -0.05) is 78.4 Å². The third-order valence-electron chi connectivity index (χ3n) is 4.59. The van der Waals surface area contributed by atoms with Gasteiger partial charge in [0.1, 0.15) is 24.3 Å². The molecule has 5 heteroatoms. The van der Waals surface area contributed by atoms with Crippen LogP contribution in [-0.2, 0) is 16.1 Å². The van der Waals surface area contributed by atoms with E-state index in [0.29, 0.717) is 18.2 Å². The number of hydrogen-bond donors (Lipinski definition) is 0. The lowest BCUT2D eigenvalue weighted by Crippen LogP contribution is -2.04. The molecule has 1 unspecified atom stereocenters. The van der Waals surface area contributed by atoms with Crippen molar-refractivity contribution in [3.05, 3.63) is 60.2 Å². The van der Waals surface area contributed by atoms with Crippen molar-refractivity contribution < 1.29 is 18.7 Å². The van der Waals surface area contributed by atoms with E-state index in [-0.39, 0.29) is 12.6 Å². The second-order valence-corrected chi connectivity index (χ2v) is 7.78. The summed E-state index contributed by atoms with van der Waals surface area (Å²) in [5, 5.41) is 0.430. The molecule has 0 spiro atoms. The minimum absolute atomic E-state index is 0.169. The molecule has 0 amide bonds. The van der Waals surface area contributed by atoms with Gasteiger partial charge in [-0.25, -0.2) is 4.39 Å². The van der Waals surface area contributed by atoms with Gasteiger partial charge in [0, 0.05) is 11.8 Å². The summed E-state index contributed by atoms with van der Waals surface area (Å²) in [7, 11) is 0. The first kappa shape index (κ1) is 23.4. The van der Waals surface area contributed by atoms with Crippen LogP contribution >= 0.6 is 15.9 Å². The molecule has 0 saturated carbocycles. The molecule has 29 heavy (non-hydrogen) atoms. The number of ether oxygens (including phenoxy) is 2. The molecule has 0 radical (unpaired) electrons. The van der Waals surface area contributed by atoms with Gasteiger partial charge < -0.3 is 9.47 Å². The number of para-hydroxylation sites is 1. The fourth-order valence-corrected chi connectivity index (χ4v) is 3.30. The smallest absolute Gasteiger partial charge is 0.306 e. The second kappa shape index (κ2) is 14.2. The van der Waals surface area contributed by atoms with Crippen LogP contribution in [0.4, 0.5) is 4.39 Å². The first-order valence-electron chi connectivity index (χ1n) is 10.3. The minimum atomic E-state index is -0.727. The van der Waals surface area contributed by atoms with Gasteiger partial charge in [0.25, 0.3) is 0 Å². The maximum atomic E-state index is 13.1. The van der Waals surface area contributed by atoms with Crippen molar-refractivity contribution in [2.45, 2.75) is 64.1 Å². The normalized spacial score (nSPS) is 11.8. The predicted octanol–water partition coefficient (Wildman–Crippen LogP) is 7.38. The zero-order valence-electron chi connectivity index (χ0n) is 16.8. The zero-order valence-corrected chi connectivity index (χ0v) is 18.4. The van der Waals surface area contributed by atoms with Gasteiger partial charge in [-0.05, 0) is 42.7 Å². The molecule has 158 valence electrons. The Morgan fingerprint density at radius 3 is 2.34 bits per heavy atom. The predicted molar refractivity (Wildman–Crippen MR) is 118 cm³/mol. The molecule has 0 saturated heterocycles. The molecule has 0 heterocycles. The molecular weight excluding hydrogens is 435 g/mol.